The Morgan fingerprint density at radius 2 is 2.38 bits per heavy atom. The van der Waals surface area contributed by atoms with Gasteiger partial charge in [0.15, 0.2) is 0 Å². The second-order valence-corrected chi connectivity index (χ2v) is 4.04. The minimum absolute atomic E-state index is 0.328. The van der Waals surface area contributed by atoms with Crippen molar-refractivity contribution in [3.05, 3.63) is 10.8 Å². The maximum Gasteiger partial charge on any atom is 0.145 e. The number of methoxy groups -OCH3 is 1. The van der Waals surface area contributed by atoms with Gasteiger partial charge in [-0.2, -0.15) is 0 Å². The molecular formula is C9H15BrN4O2. The Morgan fingerprint density at radius 1 is 1.62 bits per heavy atom. The number of halogens is 1. The first-order chi connectivity index (χ1) is 7.65. The summed E-state index contributed by atoms with van der Waals surface area (Å²) in [4.78, 5) is 7.84. The van der Waals surface area contributed by atoms with E-state index in [0.29, 0.717) is 35.7 Å². The number of hydrogen-bond acceptors (Lipinski definition) is 6. The van der Waals surface area contributed by atoms with E-state index in [1.165, 1.54) is 6.33 Å². The molecule has 1 unspecified atom stereocenters. The van der Waals surface area contributed by atoms with Crippen LogP contribution in [0.25, 0.3) is 0 Å². The summed E-state index contributed by atoms with van der Waals surface area (Å²) in [7, 11) is 1.55. The topological polar surface area (TPSA) is 93.3 Å². The largest absolute Gasteiger partial charge is 0.391 e. The van der Waals surface area contributed by atoms with Crippen LogP contribution in [-0.4, -0.2) is 41.4 Å². The highest BCUT2D eigenvalue weighted by Crippen LogP contribution is 2.23. The van der Waals surface area contributed by atoms with E-state index < -0.39 is 6.10 Å². The molecule has 1 aromatic rings. The van der Waals surface area contributed by atoms with Crippen LogP contribution in [-0.2, 0) is 4.74 Å². The van der Waals surface area contributed by atoms with Gasteiger partial charge in [0.25, 0.3) is 0 Å². The third kappa shape index (κ3) is 3.92. The maximum absolute atomic E-state index is 9.42. The Kier molecular flexibility index (Phi) is 5.44. The van der Waals surface area contributed by atoms with Crippen molar-refractivity contribution < 1.29 is 9.84 Å². The lowest BCUT2D eigenvalue weighted by molar-refractivity contribution is 0.0615. The molecule has 0 aliphatic rings. The Bertz CT molecular complexity index is 337. The smallest absolute Gasteiger partial charge is 0.145 e. The second-order valence-electron chi connectivity index (χ2n) is 3.25. The van der Waals surface area contributed by atoms with Crippen LogP contribution in [0.1, 0.15) is 6.42 Å². The molecule has 0 aliphatic heterocycles. The van der Waals surface area contributed by atoms with Crippen molar-refractivity contribution in [1.29, 1.82) is 0 Å². The van der Waals surface area contributed by atoms with Gasteiger partial charge in [0.05, 0.1) is 12.7 Å². The van der Waals surface area contributed by atoms with Crippen molar-refractivity contribution in [3.63, 3.8) is 0 Å². The van der Waals surface area contributed by atoms with Gasteiger partial charge in [0.2, 0.25) is 0 Å². The molecule has 0 fully saturated rings. The molecule has 0 saturated heterocycles. The van der Waals surface area contributed by atoms with Crippen LogP contribution >= 0.6 is 15.9 Å². The van der Waals surface area contributed by atoms with Gasteiger partial charge in [-0.05, 0) is 22.4 Å². The van der Waals surface area contributed by atoms with Gasteiger partial charge >= 0.3 is 0 Å². The maximum atomic E-state index is 9.42. The molecule has 1 atom stereocenters. The average Bonchev–Trinajstić information content (AvgIpc) is 2.25. The Morgan fingerprint density at radius 3 is 3.06 bits per heavy atom. The van der Waals surface area contributed by atoms with Crippen LogP contribution < -0.4 is 11.1 Å². The van der Waals surface area contributed by atoms with Crippen LogP contribution in [0.4, 0.5) is 11.6 Å². The van der Waals surface area contributed by atoms with Gasteiger partial charge in [-0.1, -0.05) is 0 Å². The molecule has 16 heavy (non-hydrogen) atoms. The number of aromatic nitrogens is 2. The van der Waals surface area contributed by atoms with E-state index in [4.69, 9.17) is 10.5 Å². The number of rotatable bonds is 6. The van der Waals surface area contributed by atoms with E-state index in [2.05, 4.69) is 31.2 Å². The highest BCUT2D eigenvalue weighted by atomic mass is 79.9. The first kappa shape index (κ1) is 13.1. The normalized spacial score (nSPS) is 12.4. The molecule has 0 spiro atoms. The fourth-order valence-corrected chi connectivity index (χ4v) is 1.48. The SMILES string of the molecule is COCC(O)CCNc1ncnc(N)c1Br. The van der Waals surface area contributed by atoms with Crippen LogP contribution in [0.2, 0.25) is 0 Å². The quantitative estimate of drug-likeness (QED) is 0.712. The number of anilines is 2. The van der Waals surface area contributed by atoms with Crippen LogP contribution in [0.3, 0.4) is 0 Å². The highest BCUT2D eigenvalue weighted by Gasteiger charge is 2.07. The number of nitrogen functional groups attached to an aromatic ring is 1. The van der Waals surface area contributed by atoms with Crippen LogP contribution in [0.5, 0.6) is 0 Å². The number of nitrogens with zero attached hydrogens (tertiary/aromatic N) is 2. The summed E-state index contributed by atoms with van der Waals surface area (Å²) in [5.74, 6) is 1.01. The molecule has 0 amide bonds. The van der Waals surface area contributed by atoms with Crippen molar-refractivity contribution in [2.75, 3.05) is 31.3 Å². The lowest BCUT2D eigenvalue weighted by atomic mass is 10.2. The van der Waals surface area contributed by atoms with E-state index in [1.807, 2.05) is 0 Å². The van der Waals surface area contributed by atoms with E-state index >= 15 is 0 Å². The predicted molar refractivity (Wildman–Crippen MR) is 65.1 cm³/mol. The molecule has 0 radical (unpaired) electrons. The summed E-state index contributed by atoms with van der Waals surface area (Å²) in [6, 6.07) is 0. The third-order valence-electron chi connectivity index (χ3n) is 1.95. The van der Waals surface area contributed by atoms with Crippen LogP contribution in [0, 0.1) is 0 Å². The molecule has 6 nitrogen and oxygen atoms in total. The van der Waals surface area contributed by atoms with Crippen LogP contribution in [0.15, 0.2) is 10.8 Å². The Balaban J connectivity index is 2.40. The summed E-state index contributed by atoms with van der Waals surface area (Å²) in [5.41, 5.74) is 5.59. The predicted octanol–water partition coefficient (Wildman–Crippen LogP) is 0.631. The number of nitrogens with one attached hydrogen (secondary N) is 1. The lowest BCUT2D eigenvalue weighted by Gasteiger charge is -2.11. The molecule has 1 rings (SSSR count). The van der Waals surface area contributed by atoms with Crippen molar-refractivity contribution in [2.24, 2.45) is 0 Å². The molecule has 1 aromatic heterocycles. The van der Waals surface area contributed by atoms with E-state index in [-0.39, 0.29) is 0 Å². The third-order valence-corrected chi connectivity index (χ3v) is 2.73. The van der Waals surface area contributed by atoms with Gasteiger partial charge < -0.3 is 20.9 Å². The number of aliphatic hydroxyl groups is 1. The lowest BCUT2D eigenvalue weighted by Crippen LogP contribution is -2.18. The molecule has 7 heteroatoms. The second kappa shape index (κ2) is 6.62. The van der Waals surface area contributed by atoms with E-state index in [0.717, 1.165) is 0 Å². The molecule has 0 aromatic carbocycles. The standard InChI is InChI=1S/C9H15BrN4O2/c1-16-4-6(15)2-3-12-9-7(10)8(11)13-5-14-9/h5-6,15H,2-4H2,1H3,(H3,11,12,13,14). The average molecular weight is 291 g/mol. The first-order valence-electron chi connectivity index (χ1n) is 4.82. The van der Waals surface area contributed by atoms with Gasteiger partial charge in [-0.15, -0.1) is 0 Å². The van der Waals surface area contributed by atoms with E-state index in [1.54, 1.807) is 7.11 Å². The molecule has 4 N–H and O–H groups in total. The number of aliphatic hydroxyl groups excluding tert-OH is 1. The molecular weight excluding hydrogens is 276 g/mol. The van der Waals surface area contributed by atoms with Gasteiger partial charge in [0.1, 0.15) is 22.4 Å². The summed E-state index contributed by atoms with van der Waals surface area (Å²) in [5, 5.41) is 12.5. The van der Waals surface area contributed by atoms with Gasteiger partial charge in [-0.3, -0.25) is 0 Å². The van der Waals surface area contributed by atoms with Crippen molar-refractivity contribution in [3.8, 4) is 0 Å². The fourth-order valence-electron chi connectivity index (χ4n) is 1.14. The Hall–Kier alpha value is -0.920. The summed E-state index contributed by atoms with van der Waals surface area (Å²) < 4.78 is 5.45. The van der Waals surface area contributed by atoms with Crippen molar-refractivity contribution in [2.45, 2.75) is 12.5 Å². The van der Waals surface area contributed by atoms with E-state index in [9.17, 15) is 5.11 Å². The molecule has 1 heterocycles. The minimum atomic E-state index is -0.476. The minimum Gasteiger partial charge on any atom is -0.391 e. The summed E-state index contributed by atoms with van der Waals surface area (Å²) in [6.45, 7) is 0.911. The first-order valence-corrected chi connectivity index (χ1v) is 5.61. The molecule has 0 aliphatic carbocycles. The highest BCUT2D eigenvalue weighted by molar-refractivity contribution is 9.10. The zero-order chi connectivity index (χ0) is 12.0. The molecule has 0 saturated carbocycles. The zero-order valence-electron chi connectivity index (χ0n) is 8.98. The van der Waals surface area contributed by atoms with Gasteiger partial charge in [-0.25, -0.2) is 9.97 Å². The number of ether oxygens (including phenoxy) is 1. The Labute approximate surface area is 102 Å². The number of nitrogens with two attached hydrogens (primary N) is 1. The zero-order valence-corrected chi connectivity index (χ0v) is 10.6. The number of hydrogen-bond donors (Lipinski definition) is 3. The summed E-state index contributed by atoms with van der Waals surface area (Å²) >= 11 is 3.28. The fraction of sp³-hybridized carbons (Fsp3) is 0.556. The van der Waals surface area contributed by atoms with Gasteiger partial charge in [0, 0.05) is 13.7 Å². The van der Waals surface area contributed by atoms with Crippen molar-refractivity contribution in [1.82, 2.24) is 9.97 Å². The monoisotopic (exact) mass is 290 g/mol. The summed E-state index contributed by atoms with van der Waals surface area (Å²) in [6.07, 6.45) is 1.48. The molecule has 0 bridgehead atoms. The van der Waals surface area contributed by atoms with Crippen molar-refractivity contribution >= 4 is 27.6 Å². The molecule has 90 valence electrons.